The van der Waals surface area contributed by atoms with E-state index in [1.807, 2.05) is 6.07 Å². The molecule has 1 heterocycles. The van der Waals surface area contributed by atoms with E-state index >= 15 is 0 Å². The lowest BCUT2D eigenvalue weighted by Crippen LogP contribution is -2.16. The fourth-order valence-corrected chi connectivity index (χ4v) is 1.83. The van der Waals surface area contributed by atoms with E-state index in [1.54, 1.807) is 12.1 Å². The molecule has 0 atom stereocenters. The first-order valence-corrected chi connectivity index (χ1v) is 5.87. The van der Waals surface area contributed by atoms with Crippen LogP contribution in [-0.2, 0) is 6.42 Å². The Hall–Kier alpha value is -2.75. The smallest absolute Gasteiger partial charge is 0.406 e. The number of anilines is 1. The maximum absolute atomic E-state index is 12.1. The zero-order valence-electron chi connectivity index (χ0n) is 10.7. The van der Waals surface area contributed by atoms with Crippen LogP contribution in [0.25, 0.3) is 11.1 Å². The molecule has 0 saturated heterocycles. The van der Waals surface area contributed by atoms with Crippen molar-refractivity contribution in [1.29, 1.82) is 5.26 Å². The number of halogens is 3. The van der Waals surface area contributed by atoms with Crippen LogP contribution >= 0.6 is 0 Å². The summed E-state index contributed by atoms with van der Waals surface area (Å²) in [6.07, 6.45) is -4.67. The topological polar surface area (TPSA) is 71.9 Å². The van der Waals surface area contributed by atoms with E-state index in [0.29, 0.717) is 16.8 Å². The van der Waals surface area contributed by atoms with Crippen LogP contribution < -0.4 is 10.5 Å². The molecule has 2 N–H and O–H groups in total. The monoisotopic (exact) mass is 293 g/mol. The van der Waals surface area contributed by atoms with Crippen LogP contribution in [0.1, 0.15) is 5.69 Å². The van der Waals surface area contributed by atoms with Gasteiger partial charge in [-0.25, -0.2) is 4.98 Å². The molecule has 7 heteroatoms. The molecule has 2 rings (SSSR count). The van der Waals surface area contributed by atoms with Crippen molar-refractivity contribution in [1.82, 2.24) is 4.98 Å². The number of pyridine rings is 1. The van der Waals surface area contributed by atoms with Gasteiger partial charge in [-0.05, 0) is 29.8 Å². The van der Waals surface area contributed by atoms with Gasteiger partial charge in [0, 0.05) is 5.56 Å². The van der Waals surface area contributed by atoms with Gasteiger partial charge in [-0.1, -0.05) is 12.1 Å². The first-order valence-electron chi connectivity index (χ1n) is 5.87. The zero-order valence-corrected chi connectivity index (χ0v) is 10.7. The highest BCUT2D eigenvalue weighted by atomic mass is 19.4. The van der Waals surface area contributed by atoms with Gasteiger partial charge >= 0.3 is 6.36 Å². The number of nitrogen functional groups attached to an aromatic ring is 1. The van der Waals surface area contributed by atoms with Gasteiger partial charge in [-0.2, -0.15) is 5.26 Å². The predicted molar refractivity (Wildman–Crippen MR) is 70.1 cm³/mol. The summed E-state index contributed by atoms with van der Waals surface area (Å²) in [7, 11) is 0. The van der Waals surface area contributed by atoms with E-state index in [4.69, 9.17) is 11.0 Å². The number of ether oxygens (including phenoxy) is 1. The Morgan fingerprint density at radius 1 is 1.14 bits per heavy atom. The molecular weight excluding hydrogens is 283 g/mol. The van der Waals surface area contributed by atoms with Crippen LogP contribution in [0.15, 0.2) is 36.4 Å². The normalized spacial score (nSPS) is 11.0. The van der Waals surface area contributed by atoms with E-state index < -0.39 is 6.36 Å². The summed E-state index contributed by atoms with van der Waals surface area (Å²) < 4.78 is 40.1. The van der Waals surface area contributed by atoms with Crippen molar-refractivity contribution >= 4 is 5.82 Å². The minimum Gasteiger partial charge on any atom is -0.406 e. The van der Waals surface area contributed by atoms with Crippen molar-refractivity contribution < 1.29 is 17.9 Å². The molecule has 4 nitrogen and oxygen atoms in total. The quantitative estimate of drug-likeness (QED) is 0.942. The SMILES string of the molecule is N#CCc1nc(N)ccc1-c1ccc(OC(F)(F)F)cc1. The lowest BCUT2D eigenvalue weighted by atomic mass is 10.0. The van der Waals surface area contributed by atoms with Gasteiger partial charge in [-0.15, -0.1) is 13.2 Å². The van der Waals surface area contributed by atoms with Gasteiger partial charge in [0.2, 0.25) is 0 Å². The number of nitriles is 1. The molecule has 0 aliphatic rings. The Balaban J connectivity index is 2.33. The number of rotatable bonds is 3. The van der Waals surface area contributed by atoms with Crippen molar-refractivity contribution in [2.24, 2.45) is 0 Å². The van der Waals surface area contributed by atoms with Gasteiger partial charge in [-0.3, -0.25) is 0 Å². The van der Waals surface area contributed by atoms with Crippen molar-refractivity contribution in [3.63, 3.8) is 0 Å². The minimum atomic E-state index is -4.73. The highest BCUT2D eigenvalue weighted by Crippen LogP contribution is 2.28. The van der Waals surface area contributed by atoms with Crippen molar-refractivity contribution in [3.8, 4) is 22.9 Å². The molecule has 0 amide bonds. The van der Waals surface area contributed by atoms with E-state index in [1.165, 1.54) is 24.3 Å². The molecule has 0 bridgehead atoms. The van der Waals surface area contributed by atoms with Crippen molar-refractivity contribution in [2.45, 2.75) is 12.8 Å². The maximum atomic E-state index is 12.1. The van der Waals surface area contributed by atoms with Crippen LogP contribution in [0.2, 0.25) is 0 Å². The fourth-order valence-electron chi connectivity index (χ4n) is 1.83. The molecule has 0 aliphatic carbocycles. The molecule has 0 fully saturated rings. The third kappa shape index (κ3) is 3.86. The van der Waals surface area contributed by atoms with Gasteiger partial charge < -0.3 is 10.5 Å². The maximum Gasteiger partial charge on any atom is 0.573 e. The summed E-state index contributed by atoms with van der Waals surface area (Å²) in [4.78, 5) is 4.07. The summed E-state index contributed by atoms with van der Waals surface area (Å²) in [5.74, 6) is -0.0301. The first kappa shape index (κ1) is 14.7. The number of hydrogen-bond acceptors (Lipinski definition) is 4. The van der Waals surface area contributed by atoms with Gasteiger partial charge in [0.1, 0.15) is 11.6 Å². The Kier molecular flexibility index (Phi) is 3.98. The summed E-state index contributed by atoms with van der Waals surface area (Å²) in [5, 5.41) is 8.78. The number of nitrogens with two attached hydrogens (primary N) is 1. The Bertz CT molecular complexity index is 675. The molecule has 0 aliphatic heterocycles. The van der Waals surface area contributed by atoms with Gasteiger partial charge in [0.05, 0.1) is 18.2 Å². The summed E-state index contributed by atoms with van der Waals surface area (Å²) in [6.45, 7) is 0. The van der Waals surface area contributed by atoms with Crippen LogP contribution in [0, 0.1) is 11.3 Å². The average molecular weight is 293 g/mol. The number of benzene rings is 1. The van der Waals surface area contributed by atoms with Crippen LogP contribution in [0.4, 0.5) is 19.0 Å². The second-order valence-corrected chi connectivity index (χ2v) is 4.14. The number of alkyl halides is 3. The molecule has 0 unspecified atom stereocenters. The van der Waals surface area contributed by atoms with E-state index in [-0.39, 0.29) is 18.0 Å². The molecule has 0 saturated carbocycles. The largest absolute Gasteiger partial charge is 0.573 e. The number of hydrogen-bond donors (Lipinski definition) is 1. The van der Waals surface area contributed by atoms with Gasteiger partial charge in [0.15, 0.2) is 0 Å². The average Bonchev–Trinajstić information content (AvgIpc) is 2.39. The number of aromatic nitrogens is 1. The third-order valence-corrected chi connectivity index (χ3v) is 2.64. The van der Waals surface area contributed by atoms with Gasteiger partial charge in [0.25, 0.3) is 0 Å². The zero-order chi connectivity index (χ0) is 15.5. The molecule has 1 aromatic carbocycles. The first-order chi connectivity index (χ1) is 9.89. The van der Waals surface area contributed by atoms with Crippen LogP contribution in [0.3, 0.4) is 0 Å². The second kappa shape index (κ2) is 5.71. The highest BCUT2D eigenvalue weighted by Gasteiger charge is 2.30. The summed E-state index contributed by atoms with van der Waals surface area (Å²) in [6, 6.07) is 10.6. The van der Waals surface area contributed by atoms with Crippen molar-refractivity contribution in [2.75, 3.05) is 5.73 Å². The van der Waals surface area contributed by atoms with Crippen molar-refractivity contribution in [3.05, 3.63) is 42.1 Å². The summed E-state index contributed by atoms with van der Waals surface area (Å²) >= 11 is 0. The van der Waals surface area contributed by atoms with Crippen LogP contribution in [0.5, 0.6) is 5.75 Å². The lowest BCUT2D eigenvalue weighted by molar-refractivity contribution is -0.274. The fraction of sp³-hybridized carbons (Fsp3) is 0.143. The van der Waals surface area contributed by atoms with E-state index in [2.05, 4.69) is 9.72 Å². The van der Waals surface area contributed by atoms with E-state index in [9.17, 15) is 13.2 Å². The molecular formula is C14H10F3N3O. The molecule has 1 aromatic heterocycles. The molecule has 0 spiro atoms. The highest BCUT2D eigenvalue weighted by molar-refractivity contribution is 5.68. The molecule has 108 valence electrons. The minimum absolute atomic E-state index is 0.0567. The Morgan fingerprint density at radius 3 is 2.38 bits per heavy atom. The predicted octanol–water partition coefficient (Wildman–Crippen LogP) is 3.30. The Labute approximate surface area is 118 Å². The molecule has 21 heavy (non-hydrogen) atoms. The lowest BCUT2D eigenvalue weighted by Gasteiger charge is -2.10. The number of nitrogens with zero attached hydrogens (tertiary/aromatic N) is 2. The molecule has 2 aromatic rings. The summed E-state index contributed by atoms with van der Waals surface area (Å²) in [5.41, 5.74) is 7.31. The van der Waals surface area contributed by atoms with Crippen LogP contribution in [-0.4, -0.2) is 11.3 Å². The van der Waals surface area contributed by atoms with E-state index in [0.717, 1.165) is 0 Å². The standard InChI is InChI=1S/C14H10F3N3O/c15-14(16,17)21-10-3-1-9(2-4-10)11-5-6-13(19)20-12(11)7-8-18/h1-6H,7H2,(H2,19,20). The third-order valence-electron chi connectivity index (χ3n) is 2.64. The molecule has 0 radical (unpaired) electrons. The second-order valence-electron chi connectivity index (χ2n) is 4.14. The Morgan fingerprint density at radius 2 is 1.81 bits per heavy atom.